The van der Waals surface area contributed by atoms with Crippen LogP contribution in [0, 0.1) is 17.2 Å². The fraction of sp³-hybridized carbons (Fsp3) is 0.321. The predicted molar refractivity (Wildman–Crippen MR) is 136 cm³/mol. The SMILES string of the molecule is COc1cc2[nH]nc(-c3ccc(C4C(C#N)CCN4C(=O)CO)nc3)c2nc1-c1cccc2c1CCC2. The Bertz CT molecular complexity index is 1540. The number of methoxy groups -OCH3 is 1. The number of benzene rings is 1. The molecule has 2 aliphatic rings. The Hall–Kier alpha value is -4.29. The van der Waals surface area contributed by atoms with Gasteiger partial charge in [0.2, 0.25) is 5.91 Å². The first-order valence-corrected chi connectivity index (χ1v) is 12.4. The molecule has 1 aliphatic heterocycles. The Balaban J connectivity index is 1.40. The number of nitrogens with zero attached hydrogens (tertiary/aromatic N) is 5. The van der Waals surface area contributed by atoms with Crippen molar-refractivity contribution in [3.05, 3.63) is 59.4 Å². The van der Waals surface area contributed by atoms with E-state index < -0.39 is 18.6 Å². The van der Waals surface area contributed by atoms with Gasteiger partial charge in [0.1, 0.15) is 29.3 Å². The van der Waals surface area contributed by atoms with Gasteiger partial charge in [0, 0.05) is 29.9 Å². The minimum absolute atomic E-state index is 0.371. The summed E-state index contributed by atoms with van der Waals surface area (Å²) in [7, 11) is 1.65. The number of carbonyl (C=O) groups excluding carboxylic acids is 1. The number of pyridine rings is 2. The normalized spacial score (nSPS) is 18.7. The van der Waals surface area contributed by atoms with Gasteiger partial charge >= 0.3 is 0 Å². The molecule has 186 valence electrons. The molecule has 6 rings (SSSR count). The Labute approximate surface area is 213 Å². The molecular weight excluding hydrogens is 468 g/mol. The monoisotopic (exact) mass is 494 g/mol. The van der Waals surface area contributed by atoms with Crippen LogP contribution in [0.15, 0.2) is 42.6 Å². The summed E-state index contributed by atoms with van der Waals surface area (Å²) in [4.78, 5) is 23.4. The lowest BCUT2D eigenvalue weighted by atomic mass is 9.98. The Morgan fingerprint density at radius 3 is 2.92 bits per heavy atom. The predicted octanol–water partition coefficient (Wildman–Crippen LogP) is 3.59. The third-order valence-electron chi connectivity index (χ3n) is 7.50. The van der Waals surface area contributed by atoms with E-state index >= 15 is 0 Å². The van der Waals surface area contributed by atoms with Gasteiger partial charge < -0.3 is 14.7 Å². The number of nitrogens with one attached hydrogen (secondary N) is 1. The van der Waals surface area contributed by atoms with E-state index in [1.165, 1.54) is 16.0 Å². The average Bonchev–Trinajstić information content (AvgIpc) is 3.69. The van der Waals surface area contributed by atoms with Crippen molar-refractivity contribution in [1.82, 2.24) is 25.1 Å². The smallest absolute Gasteiger partial charge is 0.248 e. The first-order valence-electron chi connectivity index (χ1n) is 12.4. The van der Waals surface area contributed by atoms with Gasteiger partial charge in [-0.05, 0) is 48.9 Å². The number of amides is 1. The molecule has 3 aromatic heterocycles. The number of rotatable bonds is 5. The first-order chi connectivity index (χ1) is 18.1. The Morgan fingerprint density at radius 2 is 2.16 bits per heavy atom. The highest BCUT2D eigenvalue weighted by atomic mass is 16.5. The summed E-state index contributed by atoms with van der Waals surface area (Å²) in [6, 6.07) is 13.8. The number of aromatic amines is 1. The second-order valence-electron chi connectivity index (χ2n) is 9.49. The average molecular weight is 495 g/mol. The van der Waals surface area contributed by atoms with Crippen molar-refractivity contribution in [2.24, 2.45) is 5.92 Å². The maximum atomic E-state index is 12.2. The van der Waals surface area contributed by atoms with Gasteiger partial charge in [0.05, 0.1) is 36.3 Å². The molecule has 4 heterocycles. The molecule has 0 spiro atoms. The van der Waals surface area contributed by atoms with Crippen LogP contribution in [-0.4, -0.2) is 56.3 Å². The van der Waals surface area contributed by atoms with Crippen LogP contribution in [0.5, 0.6) is 5.75 Å². The lowest BCUT2D eigenvalue weighted by Crippen LogP contribution is -2.34. The zero-order valence-electron chi connectivity index (χ0n) is 20.4. The lowest BCUT2D eigenvalue weighted by Gasteiger charge is -2.25. The summed E-state index contributed by atoms with van der Waals surface area (Å²) in [6.07, 6.45) is 5.50. The number of hydrogen-bond acceptors (Lipinski definition) is 7. The van der Waals surface area contributed by atoms with Gasteiger partial charge in [-0.3, -0.25) is 14.9 Å². The Kier molecular flexibility index (Phi) is 5.81. The fourth-order valence-corrected chi connectivity index (χ4v) is 5.71. The minimum atomic E-state index is -0.589. The summed E-state index contributed by atoms with van der Waals surface area (Å²) in [5, 5.41) is 26.6. The molecule has 1 amide bonds. The molecule has 0 saturated carbocycles. The van der Waals surface area contributed by atoms with Crippen LogP contribution < -0.4 is 4.74 Å². The zero-order chi connectivity index (χ0) is 25.5. The van der Waals surface area contributed by atoms with Crippen LogP contribution in [0.4, 0.5) is 0 Å². The highest BCUT2D eigenvalue weighted by Crippen LogP contribution is 2.40. The third-order valence-corrected chi connectivity index (χ3v) is 7.50. The number of carbonyl (C=O) groups is 1. The topological polar surface area (TPSA) is 128 Å². The van der Waals surface area contributed by atoms with Crippen LogP contribution in [0.2, 0.25) is 0 Å². The summed E-state index contributed by atoms with van der Waals surface area (Å²) in [5.41, 5.74) is 8.10. The van der Waals surface area contributed by atoms with Crippen molar-refractivity contribution in [2.45, 2.75) is 31.7 Å². The molecule has 2 unspecified atom stereocenters. The van der Waals surface area contributed by atoms with Crippen molar-refractivity contribution in [3.63, 3.8) is 0 Å². The van der Waals surface area contributed by atoms with Gasteiger partial charge in [-0.15, -0.1) is 0 Å². The number of H-pyrrole nitrogens is 1. The molecule has 9 nitrogen and oxygen atoms in total. The fourth-order valence-electron chi connectivity index (χ4n) is 5.71. The summed E-state index contributed by atoms with van der Waals surface area (Å²) in [6.45, 7) is -0.165. The molecule has 4 aromatic rings. The molecule has 1 aliphatic carbocycles. The number of aromatic nitrogens is 4. The van der Waals surface area contributed by atoms with Gasteiger partial charge in [-0.25, -0.2) is 4.98 Å². The first kappa shape index (κ1) is 23.1. The van der Waals surface area contributed by atoms with Gasteiger partial charge in [-0.2, -0.15) is 10.4 Å². The van der Waals surface area contributed by atoms with Crippen LogP contribution in [0.3, 0.4) is 0 Å². The van der Waals surface area contributed by atoms with Crippen LogP contribution in [0.25, 0.3) is 33.5 Å². The van der Waals surface area contributed by atoms with Crippen molar-refractivity contribution < 1.29 is 14.6 Å². The van der Waals surface area contributed by atoms with Gasteiger partial charge in [-0.1, -0.05) is 18.2 Å². The second-order valence-corrected chi connectivity index (χ2v) is 9.49. The van der Waals surface area contributed by atoms with E-state index in [9.17, 15) is 15.2 Å². The van der Waals surface area contributed by atoms with Crippen molar-refractivity contribution in [3.8, 4) is 34.3 Å². The number of aliphatic hydroxyl groups is 1. The molecule has 1 fully saturated rings. The highest BCUT2D eigenvalue weighted by molar-refractivity contribution is 5.93. The minimum Gasteiger partial charge on any atom is -0.494 e. The Morgan fingerprint density at radius 1 is 1.27 bits per heavy atom. The number of ether oxygens (including phenoxy) is 1. The van der Waals surface area contributed by atoms with E-state index in [0.29, 0.717) is 35.6 Å². The molecule has 2 N–H and O–H groups in total. The molecule has 0 bridgehead atoms. The maximum Gasteiger partial charge on any atom is 0.248 e. The summed E-state index contributed by atoms with van der Waals surface area (Å²) in [5.74, 6) is -0.0803. The van der Waals surface area contributed by atoms with Crippen LogP contribution >= 0.6 is 0 Å². The molecule has 37 heavy (non-hydrogen) atoms. The molecule has 1 aromatic carbocycles. The number of aryl methyl sites for hydroxylation is 1. The number of nitriles is 1. The van der Waals surface area contributed by atoms with E-state index in [4.69, 9.17) is 9.72 Å². The number of fused-ring (bicyclic) bond motifs is 2. The van der Waals surface area contributed by atoms with Gasteiger partial charge in [0.25, 0.3) is 0 Å². The molecule has 9 heteroatoms. The van der Waals surface area contributed by atoms with Gasteiger partial charge in [0.15, 0.2) is 0 Å². The quantitative estimate of drug-likeness (QED) is 0.434. The van der Waals surface area contributed by atoms with E-state index in [0.717, 1.165) is 41.6 Å². The maximum absolute atomic E-state index is 12.2. The van der Waals surface area contributed by atoms with E-state index in [1.807, 2.05) is 18.2 Å². The number of hydrogen-bond donors (Lipinski definition) is 2. The van der Waals surface area contributed by atoms with E-state index in [2.05, 4.69) is 39.4 Å². The highest BCUT2D eigenvalue weighted by Gasteiger charge is 2.38. The standard InChI is InChI=1S/C28H26N6O3/c1-37-23-12-22-27(31-26(23)20-7-3-5-16-4-2-6-19(16)20)25(33-32-22)18-8-9-21(30-14-18)28-17(13-29)10-11-34(28)24(36)15-35/h3,5,7-9,12,14,17,28,35H,2,4,6,10-11,15H2,1H3,(H,32,33). The molecule has 0 radical (unpaired) electrons. The van der Waals surface area contributed by atoms with E-state index in [-0.39, 0.29) is 5.92 Å². The van der Waals surface area contributed by atoms with E-state index in [1.54, 1.807) is 13.3 Å². The summed E-state index contributed by atoms with van der Waals surface area (Å²) < 4.78 is 5.72. The second kappa shape index (κ2) is 9.30. The third kappa shape index (κ3) is 3.81. The molecule has 2 atom stereocenters. The van der Waals surface area contributed by atoms with Crippen molar-refractivity contribution in [2.75, 3.05) is 20.3 Å². The van der Waals surface area contributed by atoms with Crippen molar-refractivity contribution in [1.29, 1.82) is 5.26 Å². The number of likely N-dealkylation sites (tertiary alicyclic amines) is 1. The zero-order valence-corrected chi connectivity index (χ0v) is 20.4. The molecule has 1 saturated heterocycles. The molecular formula is C28H26N6O3. The lowest BCUT2D eigenvalue weighted by molar-refractivity contribution is -0.135. The summed E-state index contributed by atoms with van der Waals surface area (Å²) >= 11 is 0. The van der Waals surface area contributed by atoms with Crippen molar-refractivity contribution >= 4 is 16.9 Å². The van der Waals surface area contributed by atoms with Crippen LogP contribution in [-0.2, 0) is 17.6 Å². The van der Waals surface area contributed by atoms with Crippen LogP contribution in [0.1, 0.15) is 35.7 Å². The number of aliphatic hydroxyl groups excluding tert-OH is 1. The largest absolute Gasteiger partial charge is 0.494 e.